The van der Waals surface area contributed by atoms with E-state index in [0.717, 1.165) is 10.8 Å². The third kappa shape index (κ3) is 4.52. The fourth-order valence-electron chi connectivity index (χ4n) is 2.66. The van der Waals surface area contributed by atoms with E-state index in [1.807, 2.05) is 41.3 Å². The van der Waals surface area contributed by atoms with Crippen LogP contribution in [0.3, 0.4) is 0 Å². The van der Waals surface area contributed by atoms with Crippen molar-refractivity contribution in [3.05, 3.63) is 60.2 Å². The third-order valence-electron chi connectivity index (χ3n) is 3.97. The minimum atomic E-state index is -0.662. The van der Waals surface area contributed by atoms with Gasteiger partial charge in [0.05, 0.1) is 25.3 Å². The van der Waals surface area contributed by atoms with Gasteiger partial charge in [-0.2, -0.15) is 0 Å². The van der Waals surface area contributed by atoms with Crippen LogP contribution in [0.15, 0.2) is 54.6 Å². The maximum absolute atomic E-state index is 12.6. The van der Waals surface area contributed by atoms with Gasteiger partial charge in [-0.25, -0.2) is 4.79 Å². The van der Waals surface area contributed by atoms with Gasteiger partial charge in [0.15, 0.2) is 6.10 Å². The average molecular weight is 345 g/mol. The number of aliphatic hydroxyl groups excluding tert-OH is 1. The molecule has 3 rings (SSSR count). The van der Waals surface area contributed by atoms with Crippen LogP contribution in [0.1, 0.15) is 10.4 Å². The smallest absolute Gasteiger partial charge is 0.340 e. The predicted octanol–water partition coefficient (Wildman–Crippen LogP) is 2.24. The summed E-state index contributed by atoms with van der Waals surface area (Å²) in [5.41, 5.74) is 0.517. The molecule has 0 bridgehead atoms. The number of carbonyl (C=O) groups excluding carboxylic acids is 1. The summed E-state index contributed by atoms with van der Waals surface area (Å²) in [6, 6.07) is 13.2. The van der Waals surface area contributed by atoms with Gasteiger partial charge in [0.2, 0.25) is 0 Å². The Morgan fingerprint density at radius 3 is 2.85 bits per heavy atom. The molecule has 1 heterocycles. The number of benzene rings is 2. The Balaban J connectivity index is 1.79. The number of nitrogens with zero attached hydrogens (tertiary/aromatic N) is 1. The van der Waals surface area contributed by atoms with E-state index >= 15 is 0 Å². The Labute approximate surface area is 153 Å². The standard InChI is InChI=1S/C22H19NO3/c24-17-16-23-14-5-1-2-10-19(11-7-15-23)26-22(25)21-13-6-9-18-8-3-4-12-20(18)21/h2-4,6,8-10,12-13,19,24H,14-17H2/b10-2-. The molecular weight excluding hydrogens is 326 g/mol. The molecule has 0 amide bonds. The van der Waals surface area contributed by atoms with Gasteiger partial charge < -0.3 is 9.84 Å². The highest BCUT2D eigenvalue weighted by Crippen LogP contribution is 2.19. The molecule has 4 nitrogen and oxygen atoms in total. The highest BCUT2D eigenvalue weighted by molar-refractivity contribution is 6.04. The average Bonchev–Trinajstić information content (AvgIpc) is 2.67. The number of allylic oxidation sites excluding steroid dienone is 1. The highest BCUT2D eigenvalue weighted by atomic mass is 16.5. The zero-order valence-electron chi connectivity index (χ0n) is 14.3. The van der Waals surface area contributed by atoms with Crippen LogP contribution >= 0.6 is 0 Å². The summed E-state index contributed by atoms with van der Waals surface area (Å²) >= 11 is 0. The minimum absolute atomic E-state index is 0.0543. The number of ether oxygens (including phenoxy) is 1. The van der Waals surface area contributed by atoms with Crippen molar-refractivity contribution in [2.75, 3.05) is 26.2 Å². The lowest BCUT2D eigenvalue weighted by Gasteiger charge is -2.15. The molecule has 2 aromatic rings. The molecule has 1 aliphatic heterocycles. The number of carbonyl (C=O) groups is 1. The van der Waals surface area contributed by atoms with Crippen molar-refractivity contribution in [1.29, 1.82) is 0 Å². The fourth-order valence-corrected chi connectivity index (χ4v) is 2.66. The summed E-state index contributed by atoms with van der Waals surface area (Å²) in [7, 11) is 0. The van der Waals surface area contributed by atoms with Gasteiger partial charge in [-0.15, -0.1) is 0 Å². The first-order valence-electron chi connectivity index (χ1n) is 8.43. The SMILES string of the molecule is O=C(OC1C#CCN(CCO)CC#C/C=C\1)c1cccc2ccccc12. The van der Waals surface area contributed by atoms with Gasteiger partial charge in [0.25, 0.3) is 0 Å². The number of aliphatic hydroxyl groups is 1. The van der Waals surface area contributed by atoms with E-state index in [1.54, 1.807) is 18.2 Å². The van der Waals surface area contributed by atoms with Gasteiger partial charge in [0, 0.05) is 6.54 Å². The number of esters is 1. The van der Waals surface area contributed by atoms with Crippen LogP contribution in [0, 0.1) is 23.7 Å². The second-order valence-corrected chi connectivity index (χ2v) is 5.79. The van der Waals surface area contributed by atoms with E-state index in [1.165, 1.54) is 0 Å². The Morgan fingerprint density at radius 2 is 1.96 bits per heavy atom. The lowest BCUT2D eigenvalue weighted by atomic mass is 10.0. The first-order chi connectivity index (χ1) is 12.8. The van der Waals surface area contributed by atoms with Crippen molar-refractivity contribution in [2.24, 2.45) is 0 Å². The van der Waals surface area contributed by atoms with Crippen LogP contribution in [0.4, 0.5) is 0 Å². The van der Waals surface area contributed by atoms with Crippen molar-refractivity contribution in [1.82, 2.24) is 4.90 Å². The van der Waals surface area contributed by atoms with E-state index < -0.39 is 12.1 Å². The quantitative estimate of drug-likeness (QED) is 0.682. The molecule has 0 fully saturated rings. The lowest BCUT2D eigenvalue weighted by Crippen LogP contribution is -2.28. The first-order valence-corrected chi connectivity index (χ1v) is 8.43. The molecule has 2 aromatic carbocycles. The molecule has 1 unspecified atom stereocenters. The van der Waals surface area contributed by atoms with Crippen molar-refractivity contribution < 1.29 is 14.6 Å². The molecule has 130 valence electrons. The Hall–Kier alpha value is -3.05. The van der Waals surface area contributed by atoms with E-state index in [0.29, 0.717) is 25.2 Å². The number of hydrogen-bond acceptors (Lipinski definition) is 4. The molecule has 0 aromatic heterocycles. The predicted molar refractivity (Wildman–Crippen MR) is 101 cm³/mol. The van der Waals surface area contributed by atoms with Gasteiger partial charge in [-0.1, -0.05) is 60.1 Å². The lowest BCUT2D eigenvalue weighted by molar-refractivity contribution is 0.0477. The first kappa shape index (κ1) is 17.8. The third-order valence-corrected chi connectivity index (χ3v) is 3.97. The highest BCUT2D eigenvalue weighted by Gasteiger charge is 2.14. The second-order valence-electron chi connectivity index (χ2n) is 5.79. The van der Waals surface area contributed by atoms with E-state index in [-0.39, 0.29) is 6.61 Å². The van der Waals surface area contributed by atoms with E-state index in [4.69, 9.17) is 9.84 Å². The molecule has 26 heavy (non-hydrogen) atoms. The zero-order chi connectivity index (χ0) is 18.2. The Bertz CT molecular complexity index is 935. The van der Waals surface area contributed by atoms with Crippen LogP contribution < -0.4 is 0 Å². The maximum atomic E-state index is 12.6. The van der Waals surface area contributed by atoms with Crippen LogP contribution in [0.2, 0.25) is 0 Å². The van der Waals surface area contributed by atoms with Gasteiger partial charge in [0.1, 0.15) is 0 Å². The van der Waals surface area contributed by atoms with Gasteiger partial charge >= 0.3 is 5.97 Å². The minimum Gasteiger partial charge on any atom is -0.441 e. The summed E-state index contributed by atoms with van der Waals surface area (Å²) in [4.78, 5) is 14.6. The molecule has 1 aliphatic rings. The van der Waals surface area contributed by atoms with Gasteiger partial charge in [-0.3, -0.25) is 4.90 Å². The molecular formula is C22H19NO3. The number of rotatable bonds is 4. The summed E-state index contributed by atoms with van der Waals surface area (Å²) in [6.45, 7) is 1.57. The van der Waals surface area contributed by atoms with Crippen molar-refractivity contribution in [3.63, 3.8) is 0 Å². The number of hydrogen-bond donors (Lipinski definition) is 1. The molecule has 4 heteroatoms. The molecule has 0 spiro atoms. The Morgan fingerprint density at radius 1 is 1.15 bits per heavy atom. The normalized spacial score (nSPS) is 18.1. The Kier molecular flexibility index (Phi) is 6.06. The van der Waals surface area contributed by atoms with E-state index in [2.05, 4.69) is 23.7 Å². The number of fused-ring (bicyclic) bond motifs is 1. The summed E-state index contributed by atoms with van der Waals surface area (Å²) in [5, 5.41) is 10.9. The summed E-state index contributed by atoms with van der Waals surface area (Å²) in [5.74, 6) is 11.4. The summed E-state index contributed by atoms with van der Waals surface area (Å²) in [6.07, 6.45) is 2.67. The molecule has 0 saturated carbocycles. The molecule has 1 atom stereocenters. The van der Waals surface area contributed by atoms with Crippen molar-refractivity contribution in [2.45, 2.75) is 6.10 Å². The van der Waals surface area contributed by atoms with Crippen LogP contribution in [0.5, 0.6) is 0 Å². The van der Waals surface area contributed by atoms with Gasteiger partial charge in [-0.05, 0) is 29.0 Å². The largest absolute Gasteiger partial charge is 0.441 e. The summed E-state index contributed by atoms with van der Waals surface area (Å²) < 4.78 is 5.58. The van der Waals surface area contributed by atoms with Crippen molar-refractivity contribution in [3.8, 4) is 23.7 Å². The monoisotopic (exact) mass is 345 g/mol. The zero-order valence-corrected chi connectivity index (χ0v) is 14.3. The van der Waals surface area contributed by atoms with Crippen LogP contribution in [0.25, 0.3) is 10.8 Å². The molecule has 0 saturated heterocycles. The fraction of sp³-hybridized carbons (Fsp3) is 0.227. The number of β-amino-alcohol motifs (C(OH)–C–C–N with tert-alkyl or cyclic N) is 1. The molecule has 1 N–H and O–H groups in total. The maximum Gasteiger partial charge on any atom is 0.340 e. The van der Waals surface area contributed by atoms with Crippen molar-refractivity contribution >= 4 is 16.7 Å². The van der Waals surface area contributed by atoms with Crippen LogP contribution in [-0.4, -0.2) is 48.3 Å². The molecule has 0 aliphatic carbocycles. The second kappa shape index (κ2) is 8.87. The van der Waals surface area contributed by atoms with E-state index in [9.17, 15) is 4.79 Å². The topological polar surface area (TPSA) is 49.8 Å². The molecule has 0 radical (unpaired) electrons. The van der Waals surface area contributed by atoms with Crippen LogP contribution in [-0.2, 0) is 4.74 Å².